The Labute approximate surface area is 187 Å². The van der Waals surface area contributed by atoms with Gasteiger partial charge in [0.15, 0.2) is 0 Å². The predicted octanol–water partition coefficient (Wildman–Crippen LogP) is 5.08. The van der Waals surface area contributed by atoms with Gasteiger partial charge in [-0.2, -0.15) is 0 Å². The van der Waals surface area contributed by atoms with E-state index >= 15 is 0 Å². The van der Waals surface area contributed by atoms with Gasteiger partial charge in [0.05, 0.1) is 11.5 Å². The summed E-state index contributed by atoms with van der Waals surface area (Å²) in [6, 6.07) is 14.9. The van der Waals surface area contributed by atoms with E-state index in [2.05, 4.69) is 21.2 Å². The Balaban J connectivity index is 1.59. The summed E-state index contributed by atoms with van der Waals surface area (Å²) < 4.78 is 6.77. The molecule has 2 aromatic carbocycles. The first-order chi connectivity index (χ1) is 14.0. The highest BCUT2D eigenvalue weighted by atomic mass is 79.9. The number of halogens is 1. The van der Waals surface area contributed by atoms with Crippen molar-refractivity contribution in [1.29, 1.82) is 0 Å². The minimum Gasteiger partial charge on any atom is -0.494 e. The van der Waals surface area contributed by atoms with Gasteiger partial charge in [-0.1, -0.05) is 58.1 Å². The van der Waals surface area contributed by atoms with Crippen LogP contribution in [0.3, 0.4) is 0 Å². The van der Waals surface area contributed by atoms with Crippen molar-refractivity contribution in [3.8, 4) is 5.75 Å². The maximum absolute atomic E-state index is 12.7. The molecule has 0 atom stereocenters. The number of amides is 2. The van der Waals surface area contributed by atoms with Crippen LogP contribution in [0.1, 0.15) is 18.9 Å². The van der Waals surface area contributed by atoms with Crippen molar-refractivity contribution >= 4 is 67.8 Å². The van der Waals surface area contributed by atoms with Crippen molar-refractivity contribution in [2.75, 3.05) is 18.5 Å². The predicted molar refractivity (Wildman–Crippen MR) is 125 cm³/mol. The number of carbonyl (C=O) groups excluding carboxylic acids is 2. The molecule has 0 aromatic heterocycles. The van der Waals surface area contributed by atoms with Crippen LogP contribution in [0.5, 0.6) is 5.75 Å². The van der Waals surface area contributed by atoms with Crippen molar-refractivity contribution in [2.24, 2.45) is 0 Å². The fourth-order valence-corrected chi connectivity index (χ4v) is 4.38. The van der Waals surface area contributed by atoms with Crippen LogP contribution in [0.4, 0.5) is 5.69 Å². The third kappa shape index (κ3) is 5.91. The van der Waals surface area contributed by atoms with E-state index in [1.165, 1.54) is 16.7 Å². The first-order valence-corrected chi connectivity index (χ1v) is 11.0. The van der Waals surface area contributed by atoms with Crippen molar-refractivity contribution in [2.45, 2.75) is 13.3 Å². The zero-order valence-corrected chi connectivity index (χ0v) is 18.9. The van der Waals surface area contributed by atoms with E-state index in [1.54, 1.807) is 6.08 Å². The van der Waals surface area contributed by atoms with Gasteiger partial charge in [0.2, 0.25) is 5.91 Å². The molecule has 0 saturated carbocycles. The first-order valence-electron chi connectivity index (χ1n) is 9.00. The van der Waals surface area contributed by atoms with E-state index in [0.29, 0.717) is 21.5 Å². The van der Waals surface area contributed by atoms with Gasteiger partial charge < -0.3 is 10.1 Å². The molecule has 0 aliphatic carbocycles. The van der Waals surface area contributed by atoms with E-state index in [-0.39, 0.29) is 24.8 Å². The van der Waals surface area contributed by atoms with Crippen molar-refractivity contribution < 1.29 is 14.3 Å². The van der Waals surface area contributed by atoms with E-state index in [0.717, 1.165) is 15.8 Å². The van der Waals surface area contributed by atoms with Crippen LogP contribution in [-0.2, 0) is 9.59 Å². The number of thiocarbonyl (C=S) groups is 1. The van der Waals surface area contributed by atoms with Crippen LogP contribution in [0.25, 0.3) is 6.08 Å². The van der Waals surface area contributed by atoms with E-state index in [4.69, 9.17) is 17.0 Å². The number of carbonyl (C=O) groups is 2. The van der Waals surface area contributed by atoms with Crippen LogP contribution >= 0.6 is 39.9 Å². The van der Waals surface area contributed by atoms with Crippen molar-refractivity contribution in [3.05, 3.63) is 63.5 Å². The number of benzene rings is 2. The molecule has 5 nitrogen and oxygen atoms in total. The van der Waals surface area contributed by atoms with Crippen LogP contribution in [0.2, 0.25) is 0 Å². The quantitative estimate of drug-likeness (QED) is 0.433. The van der Waals surface area contributed by atoms with Gasteiger partial charge in [0.25, 0.3) is 5.91 Å². The summed E-state index contributed by atoms with van der Waals surface area (Å²) in [7, 11) is 0. The number of rotatable bonds is 7. The Morgan fingerprint density at radius 3 is 2.72 bits per heavy atom. The smallest absolute Gasteiger partial charge is 0.266 e. The Morgan fingerprint density at radius 2 is 2.03 bits per heavy atom. The lowest BCUT2D eigenvalue weighted by atomic mass is 10.2. The number of thioether (sulfide) groups is 1. The Bertz CT molecular complexity index is 961. The van der Waals surface area contributed by atoms with Gasteiger partial charge in [-0.05, 0) is 48.9 Å². The summed E-state index contributed by atoms with van der Waals surface area (Å²) in [6.07, 6.45) is 1.96. The van der Waals surface area contributed by atoms with E-state index in [1.807, 2.05) is 55.5 Å². The molecule has 8 heteroatoms. The molecule has 1 aliphatic heterocycles. The zero-order chi connectivity index (χ0) is 20.8. The zero-order valence-electron chi connectivity index (χ0n) is 15.7. The van der Waals surface area contributed by atoms with Crippen molar-refractivity contribution in [3.63, 3.8) is 0 Å². The lowest BCUT2D eigenvalue weighted by Gasteiger charge is -2.14. The molecule has 0 radical (unpaired) electrons. The van der Waals surface area contributed by atoms with Gasteiger partial charge in [-0.15, -0.1) is 0 Å². The second kappa shape index (κ2) is 10.0. The van der Waals surface area contributed by atoms with Gasteiger partial charge in [0, 0.05) is 23.1 Å². The lowest BCUT2D eigenvalue weighted by Crippen LogP contribution is -2.31. The third-order valence-electron chi connectivity index (χ3n) is 4.03. The average Bonchev–Trinajstić information content (AvgIpc) is 2.95. The highest BCUT2D eigenvalue weighted by Gasteiger charge is 2.32. The van der Waals surface area contributed by atoms with Crippen LogP contribution in [0.15, 0.2) is 57.9 Å². The minimum absolute atomic E-state index is 0.162. The summed E-state index contributed by atoms with van der Waals surface area (Å²) in [6.45, 7) is 2.77. The largest absolute Gasteiger partial charge is 0.494 e. The molecule has 1 N–H and O–H groups in total. The summed E-state index contributed by atoms with van der Waals surface area (Å²) >= 11 is 9.95. The molecule has 29 heavy (non-hydrogen) atoms. The maximum atomic E-state index is 12.7. The normalized spacial score (nSPS) is 15.1. The van der Waals surface area contributed by atoms with Crippen molar-refractivity contribution in [1.82, 2.24) is 4.90 Å². The van der Waals surface area contributed by atoms with Gasteiger partial charge >= 0.3 is 0 Å². The molecule has 1 heterocycles. The molecule has 0 spiro atoms. The lowest BCUT2D eigenvalue weighted by molar-refractivity contribution is -0.122. The second-order valence-electron chi connectivity index (χ2n) is 6.14. The molecule has 0 bridgehead atoms. The number of anilines is 1. The molecule has 2 amide bonds. The number of hydrogen-bond acceptors (Lipinski definition) is 5. The topological polar surface area (TPSA) is 58.6 Å². The van der Waals surface area contributed by atoms with Crippen LogP contribution in [0, 0.1) is 0 Å². The van der Waals surface area contributed by atoms with Gasteiger partial charge in [-0.25, -0.2) is 0 Å². The summed E-state index contributed by atoms with van der Waals surface area (Å²) in [4.78, 5) is 26.9. The van der Waals surface area contributed by atoms with E-state index in [9.17, 15) is 9.59 Å². The summed E-state index contributed by atoms with van der Waals surface area (Å²) in [5.74, 6) is 0.436. The highest BCUT2D eigenvalue weighted by Crippen LogP contribution is 2.33. The summed E-state index contributed by atoms with van der Waals surface area (Å²) in [5.41, 5.74) is 1.59. The van der Waals surface area contributed by atoms with Crippen LogP contribution < -0.4 is 10.1 Å². The van der Waals surface area contributed by atoms with Crippen LogP contribution in [-0.4, -0.2) is 34.2 Å². The molecular weight excluding hydrogens is 472 g/mol. The minimum atomic E-state index is -0.177. The Hall–Kier alpha value is -2.16. The maximum Gasteiger partial charge on any atom is 0.266 e. The van der Waals surface area contributed by atoms with Gasteiger partial charge in [0.1, 0.15) is 10.1 Å². The number of nitrogens with zero attached hydrogens (tertiary/aromatic N) is 1. The van der Waals surface area contributed by atoms with Gasteiger partial charge in [-0.3, -0.25) is 14.5 Å². The Morgan fingerprint density at radius 1 is 1.28 bits per heavy atom. The molecule has 2 aromatic rings. The monoisotopic (exact) mass is 490 g/mol. The third-order valence-corrected chi connectivity index (χ3v) is 5.90. The molecule has 150 valence electrons. The average molecular weight is 491 g/mol. The number of ether oxygens (including phenoxy) is 1. The second-order valence-corrected chi connectivity index (χ2v) is 8.74. The highest BCUT2D eigenvalue weighted by molar-refractivity contribution is 9.10. The number of nitrogens with one attached hydrogen (secondary N) is 1. The first kappa shape index (κ1) is 21.5. The standard InChI is InChI=1S/C21H19BrN2O3S2/c1-2-27-17-8-6-14(7-9-17)12-18-20(26)24(21(28)29-18)11-10-19(25)23-16-5-3-4-15(22)13-16/h3-9,12-13H,2,10-11H2,1H3,(H,23,25). The molecule has 0 unspecified atom stereocenters. The SMILES string of the molecule is CCOc1ccc(C=C2SC(=S)N(CCC(=O)Nc3cccc(Br)c3)C2=O)cc1. The number of hydrogen-bond donors (Lipinski definition) is 1. The summed E-state index contributed by atoms with van der Waals surface area (Å²) in [5, 5.41) is 2.82. The fourth-order valence-electron chi connectivity index (χ4n) is 2.67. The fraction of sp³-hybridized carbons (Fsp3) is 0.190. The molecule has 1 saturated heterocycles. The molecular formula is C21H19BrN2O3S2. The molecule has 3 rings (SSSR count). The molecule has 1 aliphatic rings. The molecule has 1 fully saturated rings. The Kier molecular flexibility index (Phi) is 7.46. The van der Waals surface area contributed by atoms with E-state index < -0.39 is 0 Å².